The first-order chi connectivity index (χ1) is 11.9. The second-order valence-corrected chi connectivity index (χ2v) is 7.03. The lowest BCUT2D eigenvalue weighted by molar-refractivity contribution is -0.131. The molecule has 25 heavy (non-hydrogen) atoms. The van der Waals surface area contributed by atoms with E-state index in [0.29, 0.717) is 12.8 Å². The number of rotatable bonds is 5. The van der Waals surface area contributed by atoms with Gasteiger partial charge in [-0.25, -0.2) is 14.6 Å². The zero-order chi connectivity index (χ0) is 18.0. The maximum Gasteiger partial charge on any atom is 0.349 e. The number of esters is 1. The minimum Gasteiger partial charge on any atom is -0.465 e. The van der Waals surface area contributed by atoms with Crippen molar-refractivity contribution in [3.63, 3.8) is 0 Å². The van der Waals surface area contributed by atoms with E-state index in [1.165, 1.54) is 13.3 Å². The number of hydrogen-bond acceptors (Lipinski definition) is 7. The number of ether oxygens (including phenoxy) is 1. The molecule has 4 amide bonds. The Hall–Kier alpha value is -2.49. The van der Waals surface area contributed by atoms with Gasteiger partial charge >= 0.3 is 12.0 Å². The Kier molecular flexibility index (Phi) is 4.71. The molecule has 0 aromatic carbocycles. The molecule has 1 aliphatic carbocycles. The van der Waals surface area contributed by atoms with E-state index in [-0.39, 0.29) is 28.9 Å². The van der Waals surface area contributed by atoms with Crippen molar-refractivity contribution in [2.45, 2.75) is 37.6 Å². The Bertz CT molecular complexity index is 725. The van der Waals surface area contributed by atoms with Gasteiger partial charge < -0.3 is 15.4 Å². The third-order valence-corrected chi connectivity index (χ3v) is 5.30. The third-order valence-electron chi connectivity index (χ3n) is 4.40. The van der Waals surface area contributed by atoms with Crippen molar-refractivity contribution < 1.29 is 23.9 Å². The highest BCUT2D eigenvalue weighted by Gasteiger charge is 2.52. The molecule has 2 heterocycles. The van der Waals surface area contributed by atoms with Crippen molar-refractivity contribution in [2.24, 2.45) is 0 Å². The molecule has 0 bridgehead atoms. The van der Waals surface area contributed by atoms with Gasteiger partial charge in [0.25, 0.3) is 5.91 Å². The first kappa shape index (κ1) is 17.3. The fourth-order valence-electron chi connectivity index (χ4n) is 3.12. The first-order valence-electron chi connectivity index (χ1n) is 7.93. The number of thiazole rings is 1. The lowest BCUT2D eigenvalue weighted by Gasteiger charge is -2.19. The van der Waals surface area contributed by atoms with Crippen LogP contribution in [0.4, 0.5) is 9.93 Å². The van der Waals surface area contributed by atoms with Crippen molar-refractivity contribution in [2.75, 3.05) is 19.0 Å². The largest absolute Gasteiger partial charge is 0.465 e. The second-order valence-electron chi connectivity index (χ2n) is 6.00. The summed E-state index contributed by atoms with van der Waals surface area (Å²) in [6, 6.07) is -0.443. The van der Waals surface area contributed by atoms with E-state index >= 15 is 0 Å². The zero-order valence-electron chi connectivity index (χ0n) is 13.7. The normalized spacial score (nSPS) is 18.5. The van der Waals surface area contributed by atoms with E-state index in [0.717, 1.165) is 29.1 Å². The summed E-state index contributed by atoms with van der Waals surface area (Å²) in [7, 11) is 1.26. The van der Waals surface area contributed by atoms with Gasteiger partial charge in [-0.05, 0) is 12.8 Å². The summed E-state index contributed by atoms with van der Waals surface area (Å²) in [5, 5.41) is 5.57. The van der Waals surface area contributed by atoms with E-state index in [1.807, 2.05) is 0 Å². The van der Waals surface area contributed by atoms with Crippen LogP contribution in [0.25, 0.3) is 0 Å². The molecule has 1 saturated heterocycles. The maximum atomic E-state index is 12.5. The average molecular weight is 366 g/mol. The summed E-state index contributed by atoms with van der Waals surface area (Å²) in [5.41, 5.74) is -0.766. The van der Waals surface area contributed by atoms with Gasteiger partial charge in [0.1, 0.15) is 10.4 Å². The van der Waals surface area contributed by atoms with Crippen LogP contribution >= 0.6 is 11.3 Å². The Balaban J connectivity index is 1.54. The number of anilines is 1. The molecule has 134 valence electrons. The fourth-order valence-corrected chi connectivity index (χ4v) is 3.87. The SMILES string of the molecule is COC(=O)c1cnc(NC(=O)CCN2C(=O)NC3(CCCC3)C2=O)s1. The predicted octanol–water partition coefficient (Wildman–Crippen LogP) is 1.12. The highest BCUT2D eigenvalue weighted by Crippen LogP contribution is 2.35. The van der Waals surface area contributed by atoms with Gasteiger partial charge in [0.05, 0.1) is 13.3 Å². The maximum absolute atomic E-state index is 12.5. The Labute approximate surface area is 147 Å². The van der Waals surface area contributed by atoms with Crippen molar-refractivity contribution in [3.05, 3.63) is 11.1 Å². The predicted molar refractivity (Wildman–Crippen MR) is 88.1 cm³/mol. The Morgan fingerprint density at radius 3 is 2.80 bits per heavy atom. The summed E-state index contributed by atoms with van der Waals surface area (Å²) in [6.07, 6.45) is 4.39. The highest BCUT2D eigenvalue weighted by molar-refractivity contribution is 7.17. The number of hydrogen-bond donors (Lipinski definition) is 2. The zero-order valence-corrected chi connectivity index (χ0v) is 14.5. The molecule has 2 fully saturated rings. The van der Waals surface area contributed by atoms with E-state index in [2.05, 4.69) is 20.4 Å². The quantitative estimate of drug-likeness (QED) is 0.596. The van der Waals surface area contributed by atoms with Gasteiger partial charge in [0.2, 0.25) is 5.91 Å². The first-order valence-corrected chi connectivity index (χ1v) is 8.75. The number of carbonyl (C=O) groups excluding carboxylic acids is 4. The lowest BCUT2D eigenvalue weighted by atomic mass is 9.98. The standard InChI is InChI=1S/C15H18N4O5S/c1-24-11(21)9-8-16-13(25-9)17-10(20)4-7-19-12(22)15(18-14(19)23)5-2-3-6-15/h8H,2-7H2,1H3,(H,18,23)(H,16,17,20). The number of methoxy groups -OCH3 is 1. The smallest absolute Gasteiger partial charge is 0.349 e. The van der Waals surface area contributed by atoms with Gasteiger partial charge in [0, 0.05) is 13.0 Å². The van der Waals surface area contributed by atoms with Gasteiger partial charge in [-0.2, -0.15) is 0 Å². The number of carbonyl (C=O) groups is 4. The van der Waals surface area contributed by atoms with Crippen molar-refractivity contribution >= 4 is 40.3 Å². The average Bonchev–Trinajstić information content (AvgIpc) is 3.28. The molecular weight excluding hydrogens is 348 g/mol. The summed E-state index contributed by atoms with van der Waals surface area (Å²) in [6.45, 7) is 0.00742. The van der Waals surface area contributed by atoms with Crippen LogP contribution in [0.3, 0.4) is 0 Å². The molecule has 2 N–H and O–H groups in total. The molecule has 0 unspecified atom stereocenters. The van der Waals surface area contributed by atoms with Gasteiger partial charge in [0.15, 0.2) is 5.13 Å². The van der Waals surface area contributed by atoms with Gasteiger partial charge in [-0.15, -0.1) is 0 Å². The van der Waals surface area contributed by atoms with E-state index in [9.17, 15) is 19.2 Å². The molecule has 9 nitrogen and oxygen atoms in total. The number of urea groups is 1. The minimum atomic E-state index is -0.766. The van der Waals surface area contributed by atoms with Crippen LogP contribution in [0.1, 0.15) is 41.8 Å². The Morgan fingerprint density at radius 2 is 2.12 bits per heavy atom. The molecule has 0 radical (unpaired) electrons. The Morgan fingerprint density at radius 1 is 1.40 bits per heavy atom. The molecule has 10 heteroatoms. The number of imide groups is 1. The number of aromatic nitrogens is 1. The van der Waals surface area contributed by atoms with Crippen LogP contribution in [0, 0.1) is 0 Å². The van der Waals surface area contributed by atoms with E-state index in [4.69, 9.17) is 0 Å². The van der Waals surface area contributed by atoms with Crippen molar-refractivity contribution in [1.29, 1.82) is 0 Å². The van der Waals surface area contributed by atoms with Crippen LogP contribution < -0.4 is 10.6 Å². The summed E-state index contributed by atoms with van der Waals surface area (Å²) < 4.78 is 4.57. The van der Waals surface area contributed by atoms with Gasteiger partial charge in [-0.3, -0.25) is 14.5 Å². The molecule has 1 spiro atoms. The molecular formula is C15H18N4O5S. The highest BCUT2D eigenvalue weighted by atomic mass is 32.1. The molecule has 1 aromatic rings. The fraction of sp³-hybridized carbons (Fsp3) is 0.533. The minimum absolute atomic E-state index is 0.00742. The van der Waals surface area contributed by atoms with Crippen LogP contribution in [0.15, 0.2) is 6.20 Å². The number of amides is 4. The van der Waals surface area contributed by atoms with Crippen LogP contribution in [0.5, 0.6) is 0 Å². The lowest BCUT2D eigenvalue weighted by Crippen LogP contribution is -2.44. The van der Waals surface area contributed by atoms with E-state index < -0.39 is 23.4 Å². The molecule has 1 saturated carbocycles. The van der Waals surface area contributed by atoms with Crippen LogP contribution in [-0.2, 0) is 14.3 Å². The van der Waals surface area contributed by atoms with Crippen LogP contribution in [-0.4, -0.2) is 52.9 Å². The molecule has 1 aromatic heterocycles. The topological polar surface area (TPSA) is 118 Å². The van der Waals surface area contributed by atoms with Crippen molar-refractivity contribution in [3.8, 4) is 0 Å². The third kappa shape index (κ3) is 3.34. The summed E-state index contributed by atoms with van der Waals surface area (Å²) in [4.78, 5) is 53.2. The molecule has 0 atom stereocenters. The number of nitrogens with zero attached hydrogens (tertiary/aromatic N) is 2. The molecule has 2 aliphatic rings. The summed E-state index contributed by atoms with van der Waals surface area (Å²) in [5.74, 6) is -1.16. The van der Waals surface area contributed by atoms with Gasteiger partial charge in [-0.1, -0.05) is 24.2 Å². The molecule has 1 aliphatic heterocycles. The second kappa shape index (κ2) is 6.79. The number of nitrogens with one attached hydrogen (secondary N) is 2. The van der Waals surface area contributed by atoms with Crippen molar-refractivity contribution in [1.82, 2.24) is 15.2 Å². The molecule has 3 rings (SSSR count). The summed E-state index contributed by atoms with van der Waals surface area (Å²) >= 11 is 0.991. The van der Waals surface area contributed by atoms with Crippen LogP contribution in [0.2, 0.25) is 0 Å². The monoisotopic (exact) mass is 366 g/mol. The van der Waals surface area contributed by atoms with E-state index in [1.54, 1.807) is 0 Å².